The number of carbonyl (C=O) groups is 1. The van der Waals surface area contributed by atoms with Gasteiger partial charge in [0.25, 0.3) is 0 Å². The fourth-order valence-corrected chi connectivity index (χ4v) is 3.78. The molecule has 2 N–H and O–H groups in total. The molecule has 1 aromatic rings. The maximum atomic E-state index is 12.5. The van der Waals surface area contributed by atoms with E-state index in [-0.39, 0.29) is 23.6 Å². The number of benzene rings is 1. The first-order chi connectivity index (χ1) is 11.8. The van der Waals surface area contributed by atoms with E-state index < -0.39 is 0 Å². The smallest absolute Gasteiger partial charge is 0.241 e. The van der Waals surface area contributed by atoms with E-state index in [4.69, 9.17) is 11.6 Å². The number of nitrogens with one attached hydrogen (secondary N) is 1. The summed E-state index contributed by atoms with van der Waals surface area (Å²) in [7, 11) is 0. The number of rotatable bonds is 5. The molecule has 0 spiro atoms. The molecule has 1 aliphatic heterocycles. The Hall–Kier alpha value is -1.46. The number of piperazine rings is 1. The number of anilines is 1. The molecule has 2 aliphatic rings. The third-order valence-corrected chi connectivity index (χ3v) is 5.88. The number of nitrogens with zero attached hydrogens (tertiary/aromatic N) is 2. The average molecular weight is 366 g/mol. The Bertz CT molecular complexity index is 650. The third-order valence-electron chi connectivity index (χ3n) is 5.56. The molecule has 0 unspecified atom stereocenters. The van der Waals surface area contributed by atoms with Crippen LogP contribution < -0.4 is 5.32 Å². The normalized spacial score (nSPS) is 20.0. The second-order valence-electron chi connectivity index (χ2n) is 7.77. The van der Waals surface area contributed by atoms with E-state index in [1.807, 2.05) is 11.0 Å². The molecule has 1 saturated heterocycles. The standard InChI is InChI=1S/C19H28ClN3O2/c1-13(2)22-6-8-23(9-7-22)18(25)12-21-16-10-14(19(3)4-5-19)15(20)11-17(16)24/h10-11,13,21,24H,4-9,12H2,1-3H3. The first-order valence-corrected chi connectivity index (χ1v) is 9.47. The number of phenols is 1. The summed E-state index contributed by atoms with van der Waals surface area (Å²) in [5.41, 5.74) is 1.74. The zero-order valence-electron chi connectivity index (χ0n) is 15.3. The molecule has 0 bridgehead atoms. The molecule has 1 saturated carbocycles. The van der Waals surface area contributed by atoms with Crippen molar-refractivity contribution in [3.8, 4) is 5.75 Å². The number of phenolic OH excluding ortho intramolecular Hbond substituents is 1. The van der Waals surface area contributed by atoms with Crippen LogP contribution in [0.15, 0.2) is 12.1 Å². The Balaban J connectivity index is 1.59. The minimum absolute atomic E-state index is 0.0666. The van der Waals surface area contributed by atoms with Gasteiger partial charge in [0.2, 0.25) is 5.91 Å². The summed E-state index contributed by atoms with van der Waals surface area (Å²) in [6.07, 6.45) is 2.21. The second-order valence-corrected chi connectivity index (χ2v) is 8.18. The van der Waals surface area contributed by atoms with Crippen molar-refractivity contribution >= 4 is 23.2 Å². The lowest BCUT2D eigenvalue weighted by atomic mass is 9.97. The molecule has 1 aliphatic carbocycles. The van der Waals surface area contributed by atoms with Gasteiger partial charge >= 0.3 is 0 Å². The fourth-order valence-electron chi connectivity index (χ4n) is 3.39. The van der Waals surface area contributed by atoms with Crippen molar-refractivity contribution in [1.29, 1.82) is 0 Å². The Morgan fingerprint density at radius 2 is 1.92 bits per heavy atom. The van der Waals surface area contributed by atoms with Crippen LogP contribution in [-0.2, 0) is 10.2 Å². The molecule has 25 heavy (non-hydrogen) atoms. The molecule has 0 atom stereocenters. The molecular weight excluding hydrogens is 338 g/mol. The van der Waals surface area contributed by atoms with Gasteiger partial charge in [0.05, 0.1) is 12.2 Å². The summed E-state index contributed by atoms with van der Waals surface area (Å²) in [4.78, 5) is 16.7. The van der Waals surface area contributed by atoms with Crippen LogP contribution in [0, 0.1) is 0 Å². The maximum Gasteiger partial charge on any atom is 0.241 e. The van der Waals surface area contributed by atoms with Crippen molar-refractivity contribution in [2.75, 3.05) is 38.0 Å². The molecule has 3 rings (SSSR count). The van der Waals surface area contributed by atoms with Crippen LogP contribution in [0.5, 0.6) is 5.75 Å². The van der Waals surface area contributed by atoms with E-state index >= 15 is 0 Å². The third kappa shape index (κ3) is 4.04. The summed E-state index contributed by atoms with van der Waals surface area (Å²) in [5, 5.41) is 13.8. The van der Waals surface area contributed by atoms with Crippen LogP contribution in [0.25, 0.3) is 0 Å². The van der Waals surface area contributed by atoms with Gasteiger partial charge in [-0.15, -0.1) is 0 Å². The molecule has 0 aromatic heterocycles. The number of halogens is 1. The van der Waals surface area contributed by atoms with Gasteiger partial charge < -0.3 is 15.3 Å². The largest absolute Gasteiger partial charge is 0.506 e. The van der Waals surface area contributed by atoms with Crippen LogP contribution in [0.3, 0.4) is 0 Å². The molecule has 0 radical (unpaired) electrons. The number of aromatic hydroxyl groups is 1. The van der Waals surface area contributed by atoms with Crippen molar-refractivity contribution in [2.45, 2.75) is 45.1 Å². The van der Waals surface area contributed by atoms with Gasteiger partial charge in [-0.25, -0.2) is 0 Å². The Morgan fingerprint density at radius 3 is 2.48 bits per heavy atom. The van der Waals surface area contributed by atoms with E-state index in [1.54, 1.807) is 6.07 Å². The molecule has 2 fully saturated rings. The van der Waals surface area contributed by atoms with Crippen LogP contribution in [0.4, 0.5) is 5.69 Å². The topological polar surface area (TPSA) is 55.8 Å². The predicted octanol–water partition coefficient (Wildman–Crippen LogP) is 3.06. The molecular formula is C19H28ClN3O2. The van der Waals surface area contributed by atoms with E-state index in [0.29, 0.717) is 16.8 Å². The Morgan fingerprint density at radius 1 is 1.28 bits per heavy atom. The number of amides is 1. The zero-order chi connectivity index (χ0) is 18.2. The molecule has 1 aromatic carbocycles. The van der Waals surface area contributed by atoms with E-state index in [0.717, 1.165) is 44.6 Å². The summed E-state index contributed by atoms with van der Waals surface area (Å²) in [5.74, 6) is 0.160. The summed E-state index contributed by atoms with van der Waals surface area (Å²) in [6.45, 7) is 10.1. The van der Waals surface area contributed by atoms with Crippen molar-refractivity contribution in [3.63, 3.8) is 0 Å². The van der Waals surface area contributed by atoms with Crippen LogP contribution in [0.1, 0.15) is 39.2 Å². The highest BCUT2D eigenvalue weighted by molar-refractivity contribution is 6.31. The van der Waals surface area contributed by atoms with Gasteiger partial charge in [-0.05, 0) is 43.7 Å². The van der Waals surface area contributed by atoms with Crippen molar-refractivity contribution < 1.29 is 9.90 Å². The van der Waals surface area contributed by atoms with Gasteiger partial charge in [0.1, 0.15) is 5.75 Å². The highest BCUT2D eigenvalue weighted by Crippen LogP contribution is 2.51. The lowest BCUT2D eigenvalue weighted by molar-refractivity contribution is -0.131. The van der Waals surface area contributed by atoms with Crippen molar-refractivity contribution in [1.82, 2.24) is 9.80 Å². The first-order valence-electron chi connectivity index (χ1n) is 9.09. The summed E-state index contributed by atoms with van der Waals surface area (Å²) in [6, 6.07) is 3.99. The fraction of sp³-hybridized carbons (Fsp3) is 0.632. The maximum absolute atomic E-state index is 12.5. The van der Waals surface area contributed by atoms with Gasteiger partial charge in [0.15, 0.2) is 0 Å². The molecule has 1 heterocycles. The monoisotopic (exact) mass is 365 g/mol. The molecule has 1 amide bonds. The lowest BCUT2D eigenvalue weighted by Crippen LogP contribution is -2.51. The Kier molecular flexibility index (Phi) is 5.16. The number of carbonyl (C=O) groups excluding carboxylic acids is 1. The minimum atomic E-state index is 0.0666. The molecule has 5 nitrogen and oxygen atoms in total. The van der Waals surface area contributed by atoms with Gasteiger partial charge in [-0.2, -0.15) is 0 Å². The molecule has 138 valence electrons. The quantitative estimate of drug-likeness (QED) is 0.787. The lowest BCUT2D eigenvalue weighted by Gasteiger charge is -2.37. The number of hydrogen-bond acceptors (Lipinski definition) is 4. The van der Waals surface area contributed by atoms with Crippen LogP contribution in [0.2, 0.25) is 5.02 Å². The van der Waals surface area contributed by atoms with Crippen molar-refractivity contribution in [3.05, 3.63) is 22.7 Å². The van der Waals surface area contributed by atoms with Crippen LogP contribution >= 0.6 is 11.6 Å². The van der Waals surface area contributed by atoms with Crippen molar-refractivity contribution in [2.24, 2.45) is 0 Å². The van der Waals surface area contributed by atoms with E-state index in [9.17, 15) is 9.90 Å². The summed E-state index contributed by atoms with van der Waals surface area (Å²) < 4.78 is 0. The van der Waals surface area contributed by atoms with Gasteiger partial charge in [-0.3, -0.25) is 9.69 Å². The van der Waals surface area contributed by atoms with Gasteiger partial charge in [-0.1, -0.05) is 18.5 Å². The molecule has 6 heteroatoms. The summed E-state index contributed by atoms with van der Waals surface area (Å²) >= 11 is 6.28. The highest BCUT2D eigenvalue weighted by atomic mass is 35.5. The zero-order valence-corrected chi connectivity index (χ0v) is 16.1. The highest BCUT2D eigenvalue weighted by Gasteiger charge is 2.41. The second kappa shape index (κ2) is 7.04. The SMILES string of the molecule is CC(C)N1CCN(C(=O)CNc2cc(C3(C)CC3)c(Cl)cc2O)CC1. The van der Waals surface area contributed by atoms with E-state index in [1.165, 1.54) is 0 Å². The van der Waals surface area contributed by atoms with E-state index in [2.05, 4.69) is 31.0 Å². The first kappa shape index (κ1) is 18.3. The minimum Gasteiger partial charge on any atom is -0.506 e. The Labute approximate surface area is 154 Å². The average Bonchev–Trinajstić information content (AvgIpc) is 3.32. The predicted molar refractivity (Wildman–Crippen MR) is 101 cm³/mol. The van der Waals surface area contributed by atoms with Crippen LogP contribution in [-0.4, -0.2) is 59.6 Å². The number of hydrogen-bond donors (Lipinski definition) is 2. The van der Waals surface area contributed by atoms with Gasteiger partial charge in [0, 0.05) is 43.3 Å².